The number of piperidine rings is 2. The number of likely N-dealkylation sites (tertiary alicyclic amines) is 2. The van der Waals surface area contributed by atoms with E-state index in [0.29, 0.717) is 6.61 Å². The van der Waals surface area contributed by atoms with E-state index in [1.807, 2.05) is 14.0 Å². The van der Waals surface area contributed by atoms with Gasteiger partial charge in [0.2, 0.25) is 0 Å². The van der Waals surface area contributed by atoms with E-state index in [0.717, 1.165) is 50.9 Å². The lowest BCUT2D eigenvalue weighted by molar-refractivity contribution is -0.149. The molecule has 2 heterocycles. The molecule has 0 radical (unpaired) electrons. The number of carbonyl (C=O) groups is 1. The van der Waals surface area contributed by atoms with Gasteiger partial charge < -0.3 is 15.0 Å². The normalized spacial score (nSPS) is 19.1. The van der Waals surface area contributed by atoms with Crippen LogP contribution in [0, 0.1) is 11.8 Å². The Hall–Kier alpha value is -1.35. The number of nitrogens with one attached hydrogen (secondary N) is 1. The average molecular weight is 543 g/mol. The highest BCUT2D eigenvalue weighted by Gasteiger charge is 2.27. The van der Waals surface area contributed by atoms with Crippen molar-refractivity contribution in [1.82, 2.24) is 15.1 Å². The summed E-state index contributed by atoms with van der Waals surface area (Å²) in [6, 6.07) is 8.88. The molecule has 1 aromatic carbocycles. The van der Waals surface area contributed by atoms with Crippen molar-refractivity contribution in [1.29, 1.82) is 0 Å². The predicted octanol–water partition coefficient (Wildman–Crippen LogP) is 3.89. The lowest BCUT2D eigenvalue weighted by atomic mass is 9.97. The average Bonchev–Trinajstić information content (AvgIpc) is 2.77. The molecule has 0 spiro atoms. The van der Waals surface area contributed by atoms with Crippen molar-refractivity contribution >= 4 is 35.9 Å². The molecular weight excluding hydrogens is 503 g/mol. The van der Waals surface area contributed by atoms with Crippen LogP contribution in [0.2, 0.25) is 0 Å². The van der Waals surface area contributed by atoms with Gasteiger partial charge in [-0.05, 0) is 62.7 Å². The molecule has 2 aliphatic heterocycles. The van der Waals surface area contributed by atoms with Crippen LogP contribution >= 0.6 is 24.0 Å². The Balaban J connectivity index is 0.00000341. The molecule has 2 saturated heterocycles. The van der Waals surface area contributed by atoms with Crippen molar-refractivity contribution < 1.29 is 9.53 Å². The summed E-state index contributed by atoms with van der Waals surface area (Å²) >= 11 is 0. The molecule has 2 fully saturated rings. The molecule has 0 bridgehead atoms. The van der Waals surface area contributed by atoms with Gasteiger partial charge in [-0.25, -0.2) is 0 Å². The van der Waals surface area contributed by atoms with Gasteiger partial charge in [0.25, 0.3) is 0 Å². The number of rotatable bonds is 6. The van der Waals surface area contributed by atoms with E-state index in [-0.39, 0.29) is 35.9 Å². The number of ether oxygens (including phenoxy) is 1. The number of benzene rings is 1. The van der Waals surface area contributed by atoms with Crippen LogP contribution in [0.25, 0.3) is 0 Å². The summed E-state index contributed by atoms with van der Waals surface area (Å²) in [5, 5.41) is 3.51. The zero-order valence-corrected chi connectivity index (χ0v) is 21.6. The van der Waals surface area contributed by atoms with Gasteiger partial charge in [0.1, 0.15) is 0 Å². The minimum absolute atomic E-state index is 0. The molecule has 7 heteroatoms. The second-order valence-electron chi connectivity index (χ2n) is 8.69. The predicted molar refractivity (Wildman–Crippen MR) is 137 cm³/mol. The first-order chi connectivity index (χ1) is 14.6. The second kappa shape index (κ2) is 13.3. The number of guanidine groups is 1. The fraction of sp³-hybridized carbons (Fsp3) is 0.667. The Morgan fingerprint density at radius 3 is 2.45 bits per heavy atom. The van der Waals surface area contributed by atoms with Crippen LogP contribution in [-0.2, 0) is 22.6 Å². The van der Waals surface area contributed by atoms with Crippen molar-refractivity contribution in [2.45, 2.75) is 52.6 Å². The third-order valence-electron chi connectivity index (χ3n) is 6.35. The van der Waals surface area contributed by atoms with Crippen LogP contribution in [0.5, 0.6) is 0 Å². The maximum Gasteiger partial charge on any atom is 0.309 e. The molecule has 0 unspecified atom stereocenters. The highest BCUT2D eigenvalue weighted by molar-refractivity contribution is 14.0. The SMILES string of the molecule is CCOC(=O)C1CCN(C(=NC)NCc2cccc(CN3CCC(C)CC3)c2)CC1.I. The van der Waals surface area contributed by atoms with Crippen LogP contribution in [0.1, 0.15) is 50.7 Å². The molecule has 1 N–H and O–H groups in total. The molecule has 6 nitrogen and oxygen atoms in total. The summed E-state index contributed by atoms with van der Waals surface area (Å²) in [5.41, 5.74) is 2.66. The third-order valence-corrected chi connectivity index (χ3v) is 6.35. The number of halogens is 1. The van der Waals surface area contributed by atoms with Gasteiger partial charge in [0.05, 0.1) is 12.5 Å². The zero-order valence-electron chi connectivity index (χ0n) is 19.3. The Bertz CT molecular complexity index is 711. The number of carbonyl (C=O) groups excluding carboxylic acids is 1. The van der Waals surface area contributed by atoms with E-state index in [4.69, 9.17) is 4.74 Å². The summed E-state index contributed by atoms with van der Waals surface area (Å²) in [4.78, 5) is 21.2. The molecular formula is C24H39IN4O2. The van der Waals surface area contributed by atoms with E-state index < -0.39 is 0 Å². The quantitative estimate of drug-likeness (QED) is 0.256. The van der Waals surface area contributed by atoms with E-state index in [9.17, 15) is 4.79 Å². The number of hydrogen-bond donors (Lipinski definition) is 1. The first kappa shape index (κ1) is 25.9. The van der Waals surface area contributed by atoms with Gasteiger partial charge in [-0.1, -0.05) is 31.2 Å². The van der Waals surface area contributed by atoms with Gasteiger partial charge in [-0.2, -0.15) is 0 Å². The molecule has 2 aliphatic rings. The highest BCUT2D eigenvalue weighted by atomic mass is 127. The lowest BCUT2D eigenvalue weighted by Crippen LogP contribution is -2.46. The van der Waals surface area contributed by atoms with Crippen molar-refractivity contribution in [3.8, 4) is 0 Å². The van der Waals surface area contributed by atoms with Crippen LogP contribution in [-0.4, -0.2) is 61.6 Å². The zero-order chi connectivity index (χ0) is 21.3. The summed E-state index contributed by atoms with van der Waals surface area (Å²) in [6.45, 7) is 10.5. The monoisotopic (exact) mass is 542 g/mol. The third kappa shape index (κ3) is 7.93. The van der Waals surface area contributed by atoms with Crippen LogP contribution in [0.4, 0.5) is 0 Å². The van der Waals surface area contributed by atoms with Crippen molar-refractivity contribution in [2.24, 2.45) is 16.8 Å². The first-order valence-corrected chi connectivity index (χ1v) is 11.5. The lowest BCUT2D eigenvalue weighted by Gasteiger charge is -2.33. The summed E-state index contributed by atoms with van der Waals surface area (Å²) in [6.07, 6.45) is 4.27. The topological polar surface area (TPSA) is 57.2 Å². The fourth-order valence-corrected chi connectivity index (χ4v) is 4.42. The first-order valence-electron chi connectivity index (χ1n) is 11.5. The number of aliphatic imine (C=N–C) groups is 1. The summed E-state index contributed by atoms with van der Waals surface area (Å²) in [5.74, 6) is 1.74. The van der Waals surface area contributed by atoms with Gasteiger partial charge in [0, 0.05) is 33.2 Å². The van der Waals surface area contributed by atoms with Gasteiger partial charge in [-0.15, -0.1) is 24.0 Å². The van der Waals surface area contributed by atoms with Gasteiger partial charge >= 0.3 is 5.97 Å². The Morgan fingerprint density at radius 1 is 1.13 bits per heavy atom. The molecule has 31 heavy (non-hydrogen) atoms. The van der Waals surface area contributed by atoms with Crippen molar-refractivity contribution in [3.05, 3.63) is 35.4 Å². The largest absolute Gasteiger partial charge is 0.466 e. The smallest absolute Gasteiger partial charge is 0.309 e. The molecule has 1 aromatic rings. The molecule has 3 rings (SSSR count). The van der Waals surface area contributed by atoms with E-state index in [1.54, 1.807) is 0 Å². The second-order valence-corrected chi connectivity index (χ2v) is 8.69. The van der Waals surface area contributed by atoms with Gasteiger partial charge in [0.15, 0.2) is 5.96 Å². The number of nitrogens with zero attached hydrogens (tertiary/aromatic N) is 3. The molecule has 0 aliphatic carbocycles. The van der Waals surface area contributed by atoms with Crippen LogP contribution in [0.15, 0.2) is 29.3 Å². The number of hydrogen-bond acceptors (Lipinski definition) is 4. The minimum Gasteiger partial charge on any atom is -0.466 e. The molecule has 0 amide bonds. The molecule has 0 saturated carbocycles. The Morgan fingerprint density at radius 2 is 1.81 bits per heavy atom. The molecule has 0 atom stereocenters. The maximum atomic E-state index is 12.0. The Kier molecular flexibility index (Phi) is 11.1. The summed E-state index contributed by atoms with van der Waals surface area (Å²) in [7, 11) is 1.83. The standard InChI is InChI=1S/C24H38N4O2.HI/c1-4-30-23(29)22-10-14-28(15-11-22)24(25-3)26-17-20-6-5-7-21(16-20)18-27-12-8-19(2)9-13-27;/h5-7,16,19,22H,4,8-15,17-18H2,1-3H3,(H,25,26);1H. The van der Waals surface area contributed by atoms with Crippen molar-refractivity contribution in [2.75, 3.05) is 39.8 Å². The van der Waals surface area contributed by atoms with Crippen LogP contribution < -0.4 is 5.32 Å². The van der Waals surface area contributed by atoms with E-state index in [1.165, 1.54) is 37.1 Å². The van der Waals surface area contributed by atoms with Gasteiger partial charge in [-0.3, -0.25) is 14.7 Å². The minimum atomic E-state index is -0.0555. The van der Waals surface area contributed by atoms with E-state index >= 15 is 0 Å². The molecule has 174 valence electrons. The Labute approximate surface area is 204 Å². The van der Waals surface area contributed by atoms with Crippen molar-refractivity contribution in [3.63, 3.8) is 0 Å². The maximum absolute atomic E-state index is 12.0. The fourth-order valence-electron chi connectivity index (χ4n) is 4.42. The molecule has 0 aromatic heterocycles. The van der Waals surface area contributed by atoms with E-state index in [2.05, 4.69) is 51.3 Å². The highest BCUT2D eigenvalue weighted by Crippen LogP contribution is 2.20. The number of esters is 1. The van der Waals surface area contributed by atoms with Crippen LogP contribution in [0.3, 0.4) is 0 Å². The summed E-state index contributed by atoms with van der Waals surface area (Å²) < 4.78 is 5.17.